The van der Waals surface area contributed by atoms with Crippen molar-refractivity contribution in [2.75, 3.05) is 0 Å². The summed E-state index contributed by atoms with van der Waals surface area (Å²) in [5, 5.41) is 4.13. The van der Waals surface area contributed by atoms with Crippen LogP contribution in [0.2, 0.25) is 0 Å². The van der Waals surface area contributed by atoms with Gasteiger partial charge in [-0.1, -0.05) is 0 Å². The van der Waals surface area contributed by atoms with Crippen LogP contribution in [0.3, 0.4) is 0 Å². The van der Waals surface area contributed by atoms with Crippen LogP contribution in [0.15, 0.2) is 24.7 Å². The molecule has 10 heteroatoms. The predicted octanol–water partition coefficient (Wildman–Crippen LogP) is -0.787. The van der Waals surface area contributed by atoms with Crippen LogP contribution in [0.25, 0.3) is 11.3 Å². The van der Waals surface area contributed by atoms with E-state index in [9.17, 15) is 0 Å². The number of hydrogen-bond acceptors (Lipinski definition) is 2. The van der Waals surface area contributed by atoms with Gasteiger partial charge in [-0.05, 0) is 6.20 Å². The first kappa shape index (κ1) is 25.6. The van der Waals surface area contributed by atoms with Gasteiger partial charge in [0, 0.05) is 170 Å². The predicted molar refractivity (Wildman–Crippen MR) is 38.3 cm³/mol. The molecule has 0 fully saturated rings. The average molecular weight is 603 g/mol. The Labute approximate surface area is 224 Å². The van der Waals surface area contributed by atoms with Crippen LogP contribution in [0, 0.1) is 6.20 Å². The average Bonchev–Trinajstić information content (AvgIpc) is 2.62. The maximum absolute atomic E-state index is 4.14. The SMILES string of the molecule is [Y].[Y].[Y].[Y].[Y].[c-]1ccn2c3nccnc3[n-][n+]12. The molecular formula is C7H4N5Y5-. The van der Waals surface area contributed by atoms with Crippen molar-refractivity contribution in [1.29, 1.82) is 0 Å². The van der Waals surface area contributed by atoms with E-state index in [-0.39, 0.29) is 164 Å². The summed E-state index contributed by atoms with van der Waals surface area (Å²) < 4.78 is 3.35. The smallest absolute Gasteiger partial charge is 0.131 e. The van der Waals surface area contributed by atoms with E-state index < -0.39 is 0 Å². The quantitative estimate of drug-likeness (QED) is 0.251. The molecule has 3 heterocycles. The molecular weight excluding hydrogens is 599 g/mol. The van der Waals surface area contributed by atoms with Crippen LogP contribution in [0.1, 0.15) is 0 Å². The summed E-state index contributed by atoms with van der Waals surface area (Å²) in [6.45, 7) is 0. The first-order chi connectivity index (χ1) is 5.95. The number of hydrogen-bond donors (Lipinski definition) is 0. The Morgan fingerprint density at radius 3 is 2.41 bits per heavy atom. The van der Waals surface area contributed by atoms with E-state index in [0.717, 1.165) is 5.65 Å². The van der Waals surface area contributed by atoms with E-state index >= 15 is 0 Å². The minimum absolute atomic E-state index is 0. The Morgan fingerprint density at radius 2 is 1.71 bits per heavy atom. The van der Waals surface area contributed by atoms with Gasteiger partial charge in [0.15, 0.2) is 0 Å². The van der Waals surface area contributed by atoms with Crippen molar-refractivity contribution >= 4 is 11.3 Å². The van der Waals surface area contributed by atoms with Crippen molar-refractivity contribution in [1.82, 2.24) is 19.6 Å². The van der Waals surface area contributed by atoms with Gasteiger partial charge in [-0.3, -0.25) is 4.52 Å². The van der Waals surface area contributed by atoms with Gasteiger partial charge in [0.1, 0.15) is 11.3 Å². The van der Waals surface area contributed by atoms with Crippen LogP contribution in [0.5, 0.6) is 0 Å². The molecule has 17 heavy (non-hydrogen) atoms. The van der Waals surface area contributed by atoms with Gasteiger partial charge in [-0.2, -0.15) is 10.7 Å². The Balaban J connectivity index is -0.000000392. The van der Waals surface area contributed by atoms with E-state index in [1.165, 1.54) is 0 Å². The Bertz CT molecular complexity index is 549. The molecule has 0 saturated heterocycles. The van der Waals surface area contributed by atoms with Gasteiger partial charge in [0.25, 0.3) is 0 Å². The van der Waals surface area contributed by atoms with Gasteiger partial charge in [-0.25, -0.2) is 4.98 Å². The molecule has 0 atom stereocenters. The standard InChI is InChI=1S/C7H4N5.5Y/c1-4-11-7-6(8-2-3-9-7)10-12(11)5-1;;;;;/h1-4H;;;;;/q-1;;;;;. The second-order valence-electron chi connectivity index (χ2n) is 2.38. The second-order valence-corrected chi connectivity index (χ2v) is 2.38. The molecule has 0 unspecified atom stereocenters. The maximum Gasteiger partial charge on any atom is 0.131 e. The van der Waals surface area contributed by atoms with E-state index in [1.54, 1.807) is 27.6 Å². The zero-order valence-electron chi connectivity index (χ0n) is 8.93. The third-order valence-electron chi connectivity index (χ3n) is 1.68. The van der Waals surface area contributed by atoms with Crippen LogP contribution < -0.4 is 9.73 Å². The summed E-state index contributed by atoms with van der Waals surface area (Å²) >= 11 is 0. The summed E-state index contributed by atoms with van der Waals surface area (Å²) in [4.78, 5) is 8.19. The molecule has 0 N–H and O–H groups in total. The van der Waals surface area contributed by atoms with Gasteiger partial charge >= 0.3 is 0 Å². The molecule has 3 rings (SSSR count). The third-order valence-corrected chi connectivity index (χ3v) is 1.68. The molecule has 0 aliphatic heterocycles. The fourth-order valence-electron chi connectivity index (χ4n) is 1.18. The first-order valence-corrected chi connectivity index (χ1v) is 3.50. The summed E-state index contributed by atoms with van der Waals surface area (Å²) in [5.41, 5.74) is 1.38. The van der Waals surface area contributed by atoms with Crippen molar-refractivity contribution in [2.24, 2.45) is 0 Å². The fraction of sp³-hybridized carbons (Fsp3) is 0. The van der Waals surface area contributed by atoms with Crippen molar-refractivity contribution < 1.29 is 168 Å². The third kappa shape index (κ3) is 5.72. The topological polar surface area (TPSA) is 48.4 Å². The van der Waals surface area contributed by atoms with E-state index in [1.807, 2.05) is 6.20 Å². The number of rotatable bonds is 0. The minimum Gasteiger partial charge on any atom is -0.361 e. The maximum atomic E-state index is 4.14. The summed E-state index contributed by atoms with van der Waals surface area (Å²) in [6.07, 6.45) is 8.00. The monoisotopic (exact) mass is 603 g/mol. The number of fused-ring (bicyclic) bond motifs is 3. The molecule has 5 nitrogen and oxygen atoms in total. The van der Waals surface area contributed by atoms with Gasteiger partial charge in [0.05, 0.1) is 6.20 Å². The van der Waals surface area contributed by atoms with Crippen molar-refractivity contribution in [3.05, 3.63) is 30.9 Å². The molecule has 0 aliphatic rings. The Hall–Kier alpha value is 3.61. The normalized spacial score (nSPS) is 8.00. The molecule has 0 bridgehead atoms. The fourth-order valence-corrected chi connectivity index (χ4v) is 1.18. The summed E-state index contributed by atoms with van der Waals surface area (Å²) in [7, 11) is 0. The van der Waals surface area contributed by atoms with Crippen molar-refractivity contribution in [3.63, 3.8) is 0 Å². The Morgan fingerprint density at radius 1 is 1.06 bits per heavy atom. The van der Waals surface area contributed by atoms with Gasteiger partial charge in [0.2, 0.25) is 0 Å². The zero-order chi connectivity index (χ0) is 7.97. The van der Waals surface area contributed by atoms with Gasteiger partial charge < -0.3 is 4.98 Å². The molecule has 73 valence electrons. The molecule has 0 aliphatic carbocycles. The molecule has 0 amide bonds. The van der Waals surface area contributed by atoms with Crippen molar-refractivity contribution in [3.8, 4) is 0 Å². The van der Waals surface area contributed by atoms with Crippen LogP contribution in [0.4, 0.5) is 0 Å². The first-order valence-electron chi connectivity index (χ1n) is 3.50. The minimum atomic E-state index is 0. The Kier molecular flexibility index (Phi) is 18.3. The number of aromatic nitrogens is 5. The summed E-state index contributed by atoms with van der Waals surface area (Å²) in [5.74, 6) is 0. The molecule has 0 spiro atoms. The van der Waals surface area contributed by atoms with Crippen LogP contribution in [-0.2, 0) is 164 Å². The van der Waals surface area contributed by atoms with E-state index in [2.05, 4.69) is 21.3 Å². The number of nitrogens with zero attached hydrogens (tertiary/aromatic N) is 5. The zero-order valence-corrected chi connectivity index (χ0v) is 23.1. The van der Waals surface area contributed by atoms with Crippen molar-refractivity contribution in [2.45, 2.75) is 0 Å². The molecule has 5 radical (unpaired) electrons. The largest absolute Gasteiger partial charge is 0.361 e. The van der Waals surface area contributed by atoms with Crippen LogP contribution >= 0.6 is 0 Å². The summed E-state index contributed by atoms with van der Waals surface area (Å²) in [6, 6.07) is 1.78. The second kappa shape index (κ2) is 12.2. The molecule has 0 saturated carbocycles. The molecule has 3 aromatic heterocycles. The van der Waals surface area contributed by atoms with Gasteiger partial charge in [-0.15, -0.1) is 11.3 Å². The molecule has 0 aromatic carbocycles. The van der Waals surface area contributed by atoms with E-state index in [0.29, 0.717) is 5.65 Å². The molecule has 3 aromatic rings. The van der Waals surface area contributed by atoms with Crippen LogP contribution in [-0.4, -0.2) is 14.5 Å². The van der Waals surface area contributed by atoms with E-state index in [4.69, 9.17) is 0 Å².